The SMILES string of the molecule is CCCCNC(=O)N1CCN(c2ccc(NC(=O)C(C)C)cc2)CC1. The molecule has 0 atom stereocenters. The smallest absolute Gasteiger partial charge is 0.317 e. The van der Waals surface area contributed by atoms with Gasteiger partial charge in [-0.2, -0.15) is 0 Å². The van der Waals surface area contributed by atoms with E-state index in [1.807, 2.05) is 43.0 Å². The fourth-order valence-corrected chi connectivity index (χ4v) is 2.69. The summed E-state index contributed by atoms with van der Waals surface area (Å²) in [6, 6.07) is 7.94. The second-order valence-corrected chi connectivity index (χ2v) is 6.75. The maximum absolute atomic E-state index is 12.1. The van der Waals surface area contributed by atoms with E-state index in [-0.39, 0.29) is 17.9 Å². The number of urea groups is 1. The van der Waals surface area contributed by atoms with Crippen LogP contribution in [0.5, 0.6) is 0 Å². The minimum Gasteiger partial charge on any atom is -0.368 e. The van der Waals surface area contributed by atoms with Gasteiger partial charge in [-0.05, 0) is 30.7 Å². The van der Waals surface area contributed by atoms with Crippen molar-refractivity contribution < 1.29 is 9.59 Å². The molecular weight excluding hydrogens is 316 g/mol. The van der Waals surface area contributed by atoms with Crippen molar-refractivity contribution in [3.8, 4) is 0 Å². The molecule has 2 rings (SSSR count). The zero-order valence-corrected chi connectivity index (χ0v) is 15.5. The van der Waals surface area contributed by atoms with E-state index in [9.17, 15) is 9.59 Å². The number of hydrogen-bond acceptors (Lipinski definition) is 3. The summed E-state index contributed by atoms with van der Waals surface area (Å²) in [4.78, 5) is 27.9. The third kappa shape index (κ3) is 5.66. The van der Waals surface area contributed by atoms with E-state index in [2.05, 4.69) is 22.5 Å². The Morgan fingerprint density at radius 1 is 1.08 bits per heavy atom. The van der Waals surface area contributed by atoms with Crippen LogP contribution < -0.4 is 15.5 Å². The number of carbonyl (C=O) groups excluding carboxylic acids is 2. The number of rotatable bonds is 6. The Hall–Kier alpha value is -2.24. The summed E-state index contributed by atoms with van der Waals surface area (Å²) in [5.74, 6) is -0.00771. The Labute approximate surface area is 150 Å². The van der Waals surface area contributed by atoms with Gasteiger partial charge < -0.3 is 20.4 Å². The van der Waals surface area contributed by atoms with Crippen molar-refractivity contribution in [1.82, 2.24) is 10.2 Å². The number of anilines is 2. The van der Waals surface area contributed by atoms with Gasteiger partial charge >= 0.3 is 6.03 Å². The summed E-state index contributed by atoms with van der Waals surface area (Å²) in [5, 5.41) is 5.87. The molecule has 1 saturated heterocycles. The molecule has 0 unspecified atom stereocenters. The molecule has 0 aliphatic carbocycles. The first-order valence-electron chi connectivity index (χ1n) is 9.20. The summed E-state index contributed by atoms with van der Waals surface area (Å²) < 4.78 is 0. The first-order valence-corrected chi connectivity index (χ1v) is 9.20. The van der Waals surface area contributed by atoms with Crippen LogP contribution in [-0.4, -0.2) is 49.6 Å². The van der Waals surface area contributed by atoms with Crippen LogP contribution in [0.3, 0.4) is 0 Å². The maximum atomic E-state index is 12.1. The van der Waals surface area contributed by atoms with E-state index in [0.717, 1.165) is 56.9 Å². The standard InChI is InChI=1S/C19H30N4O2/c1-4-5-10-20-19(25)23-13-11-22(12-14-23)17-8-6-16(7-9-17)21-18(24)15(2)3/h6-9,15H,4-5,10-14H2,1-3H3,(H,20,25)(H,21,24). The van der Waals surface area contributed by atoms with E-state index >= 15 is 0 Å². The molecule has 1 heterocycles. The maximum Gasteiger partial charge on any atom is 0.317 e. The molecule has 0 aromatic heterocycles. The second-order valence-electron chi connectivity index (χ2n) is 6.75. The first kappa shape index (κ1) is 19.1. The van der Waals surface area contributed by atoms with Gasteiger partial charge in [-0.3, -0.25) is 4.79 Å². The van der Waals surface area contributed by atoms with Crippen LogP contribution in [0.2, 0.25) is 0 Å². The molecule has 6 nitrogen and oxygen atoms in total. The summed E-state index contributed by atoms with van der Waals surface area (Å²) in [7, 11) is 0. The molecule has 1 aliphatic rings. The lowest BCUT2D eigenvalue weighted by atomic mass is 10.2. The fraction of sp³-hybridized carbons (Fsp3) is 0.579. The minimum absolute atomic E-state index is 0.0236. The molecule has 0 spiro atoms. The monoisotopic (exact) mass is 346 g/mol. The molecule has 1 aliphatic heterocycles. The molecule has 6 heteroatoms. The van der Waals surface area contributed by atoms with E-state index in [4.69, 9.17) is 0 Å². The van der Waals surface area contributed by atoms with Crippen molar-refractivity contribution in [3.05, 3.63) is 24.3 Å². The topological polar surface area (TPSA) is 64.7 Å². The predicted molar refractivity (Wildman–Crippen MR) is 102 cm³/mol. The van der Waals surface area contributed by atoms with E-state index in [1.54, 1.807) is 0 Å². The average Bonchev–Trinajstić information content (AvgIpc) is 2.62. The summed E-state index contributed by atoms with van der Waals surface area (Å²) in [5.41, 5.74) is 1.94. The van der Waals surface area contributed by atoms with Crippen molar-refractivity contribution in [2.75, 3.05) is 42.9 Å². The number of amides is 3. The lowest BCUT2D eigenvalue weighted by Gasteiger charge is -2.36. The van der Waals surface area contributed by atoms with Crippen LogP contribution in [0.4, 0.5) is 16.2 Å². The predicted octanol–water partition coefficient (Wildman–Crippen LogP) is 2.91. The Morgan fingerprint density at radius 3 is 2.28 bits per heavy atom. The summed E-state index contributed by atoms with van der Waals surface area (Å²) >= 11 is 0. The Bertz CT molecular complexity index is 563. The summed E-state index contributed by atoms with van der Waals surface area (Å²) in [6.07, 6.45) is 2.10. The number of nitrogens with zero attached hydrogens (tertiary/aromatic N) is 2. The lowest BCUT2D eigenvalue weighted by Crippen LogP contribution is -2.52. The van der Waals surface area contributed by atoms with Gasteiger partial charge in [0.05, 0.1) is 0 Å². The molecule has 0 radical (unpaired) electrons. The van der Waals surface area contributed by atoms with Crippen molar-refractivity contribution in [3.63, 3.8) is 0 Å². The molecular formula is C19H30N4O2. The van der Waals surface area contributed by atoms with Gasteiger partial charge in [0, 0.05) is 50.0 Å². The third-order valence-corrected chi connectivity index (χ3v) is 4.40. The highest BCUT2D eigenvalue weighted by molar-refractivity contribution is 5.92. The van der Waals surface area contributed by atoms with Crippen molar-refractivity contribution in [2.45, 2.75) is 33.6 Å². The van der Waals surface area contributed by atoms with Gasteiger partial charge in [0.2, 0.25) is 5.91 Å². The van der Waals surface area contributed by atoms with Crippen molar-refractivity contribution >= 4 is 23.3 Å². The Kier molecular flexibility index (Phi) is 7.10. The van der Waals surface area contributed by atoms with Crippen LogP contribution in [0.15, 0.2) is 24.3 Å². The van der Waals surface area contributed by atoms with Crippen molar-refractivity contribution in [2.24, 2.45) is 5.92 Å². The molecule has 138 valence electrons. The third-order valence-electron chi connectivity index (χ3n) is 4.40. The number of carbonyl (C=O) groups is 2. The van der Waals surface area contributed by atoms with Crippen LogP contribution in [0, 0.1) is 5.92 Å². The molecule has 2 N–H and O–H groups in total. The largest absolute Gasteiger partial charge is 0.368 e. The van der Waals surface area contributed by atoms with Crippen LogP contribution in [-0.2, 0) is 4.79 Å². The molecule has 1 aromatic carbocycles. The highest BCUT2D eigenvalue weighted by Gasteiger charge is 2.21. The second kappa shape index (κ2) is 9.30. The Balaban J connectivity index is 1.82. The molecule has 1 aromatic rings. The van der Waals surface area contributed by atoms with Crippen molar-refractivity contribution in [1.29, 1.82) is 0 Å². The quantitative estimate of drug-likeness (QED) is 0.779. The number of hydrogen-bond donors (Lipinski definition) is 2. The normalized spacial score (nSPS) is 14.6. The molecule has 0 saturated carbocycles. The Morgan fingerprint density at radius 2 is 1.72 bits per heavy atom. The van der Waals surface area contributed by atoms with E-state index in [1.165, 1.54) is 0 Å². The van der Waals surface area contributed by atoms with Gasteiger partial charge in [-0.1, -0.05) is 27.2 Å². The van der Waals surface area contributed by atoms with Gasteiger partial charge in [0.15, 0.2) is 0 Å². The molecule has 0 bridgehead atoms. The van der Waals surface area contributed by atoms with Gasteiger partial charge in [-0.15, -0.1) is 0 Å². The minimum atomic E-state index is -0.0313. The highest BCUT2D eigenvalue weighted by atomic mass is 16.2. The van der Waals surface area contributed by atoms with Gasteiger partial charge in [0.25, 0.3) is 0 Å². The number of nitrogens with one attached hydrogen (secondary N) is 2. The highest BCUT2D eigenvalue weighted by Crippen LogP contribution is 2.20. The van der Waals surface area contributed by atoms with E-state index in [0.29, 0.717) is 0 Å². The average molecular weight is 346 g/mol. The first-order chi connectivity index (χ1) is 12.0. The zero-order valence-electron chi connectivity index (χ0n) is 15.5. The summed E-state index contributed by atoms with van der Waals surface area (Å²) in [6.45, 7) is 9.71. The van der Waals surface area contributed by atoms with Gasteiger partial charge in [-0.25, -0.2) is 4.79 Å². The van der Waals surface area contributed by atoms with Crippen LogP contribution in [0.25, 0.3) is 0 Å². The fourth-order valence-electron chi connectivity index (χ4n) is 2.69. The molecule has 1 fully saturated rings. The van der Waals surface area contributed by atoms with Crippen LogP contribution >= 0.6 is 0 Å². The zero-order chi connectivity index (χ0) is 18.2. The molecule has 3 amide bonds. The van der Waals surface area contributed by atoms with E-state index < -0.39 is 0 Å². The number of unbranched alkanes of at least 4 members (excludes halogenated alkanes) is 1. The lowest BCUT2D eigenvalue weighted by molar-refractivity contribution is -0.118. The number of piperazine rings is 1. The van der Waals surface area contributed by atoms with Crippen LogP contribution in [0.1, 0.15) is 33.6 Å². The van der Waals surface area contributed by atoms with Gasteiger partial charge in [0.1, 0.15) is 0 Å². The molecule has 25 heavy (non-hydrogen) atoms. The number of benzene rings is 1.